The lowest BCUT2D eigenvalue weighted by molar-refractivity contribution is 0.0371. The van der Waals surface area contributed by atoms with E-state index in [0.29, 0.717) is 6.42 Å². The predicted molar refractivity (Wildman–Crippen MR) is 75.8 cm³/mol. The Balaban J connectivity index is 2.19. The minimum absolute atomic E-state index is 0.281. The van der Waals surface area contributed by atoms with Gasteiger partial charge in [0.15, 0.2) is 0 Å². The minimum atomic E-state index is -1.02. The van der Waals surface area contributed by atoms with Gasteiger partial charge >= 0.3 is 0 Å². The van der Waals surface area contributed by atoms with Crippen molar-refractivity contribution in [2.45, 2.75) is 24.9 Å². The van der Waals surface area contributed by atoms with E-state index in [0.717, 1.165) is 11.1 Å². The van der Waals surface area contributed by atoms with Gasteiger partial charge in [-0.1, -0.05) is 60.7 Å². The van der Waals surface area contributed by atoms with E-state index in [1.165, 1.54) is 0 Å². The predicted octanol–water partition coefficient (Wildman–Crippen LogP) is 4.04. The standard InChI is InChI=1S/C17H19FO/c1-17(19,16-10-6-3-7-11-16)12-15(13-18)14-8-4-2-5-9-14/h2-11,15,19H,12-13H2,1H3. The van der Waals surface area contributed by atoms with Gasteiger partial charge in [-0.3, -0.25) is 4.39 Å². The number of aliphatic hydroxyl groups is 1. The minimum Gasteiger partial charge on any atom is -0.385 e. The van der Waals surface area contributed by atoms with Crippen LogP contribution in [0.3, 0.4) is 0 Å². The summed E-state index contributed by atoms with van der Waals surface area (Å²) >= 11 is 0. The summed E-state index contributed by atoms with van der Waals surface area (Å²) < 4.78 is 13.3. The number of rotatable bonds is 5. The fraction of sp³-hybridized carbons (Fsp3) is 0.294. The molecule has 0 heterocycles. The van der Waals surface area contributed by atoms with E-state index < -0.39 is 12.3 Å². The highest BCUT2D eigenvalue weighted by Crippen LogP contribution is 2.33. The van der Waals surface area contributed by atoms with Crippen LogP contribution in [0.4, 0.5) is 4.39 Å². The van der Waals surface area contributed by atoms with Gasteiger partial charge in [0.2, 0.25) is 0 Å². The third-order valence-electron chi connectivity index (χ3n) is 3.50. The second kappa shape index (κ2) is 5.98. The van der Waals surface area contributed by atoms with Crippen LogP contribution in [0, 0.1) is 0 Å². The van der Waals surface area contributed by atoms with Gasteiger partial charge in [-0.25, -0.2) is 0 Å². The highest BCUT2D eigenvalue weighted by atomic mass is 19.1. The SMILES string of the molecule is CC(O)(CC(CF)c1ccccc1)c1ccccc1. The lowest BCUT2D eigenvalue weighted by Crippen LogP contribution is -2.25. The quantitative estimate of drug-likeness (QED) is 0.858. The average molecular weight is 258 g/mol. The fourth-order valence-electron chi connectivity index (χ4n) is 2.38. The summed E-state index contributed by atoms with van der Waals surface area (Å²) in [5, 5.41) is 10.6. The molecule has 0 spiro atoms. The first-order valence-corrected chi connectivity index (χ1v) is 6.52. The van der Waals surface area contributed by atoms with Crippen molar-refractivity contribution in [3.8, 4) is 0 Å². The van der Waals surface area contributed by atoms with Crippen LogP contribution in [0.1, 0.15) is 30.4 Å². The molecule has 0 radical (unpaired) electrons. The summed E-state index contributed by atoms with van der Waals surface area (Å²) in [5.74, 6) is -0.281. The number of alkyl halides is 1. The Labute approximate surface area is 113 Å². The fourth-order valence-corrected chi connectivity index (χ4v) is 2.38. The summed E-state index contributed by atoms with van der Waals surface area (Å²) in [5.41, 5.74) is 0.735. The first kappa shape index (κ1) is 13.8. The zero-order valence-corrected chi connectivity index (χ0v) is 11.1. The molecule has 2 aromatic carbocycles. The van der Waals surface area contributed by atoms with Gasteiger partial charge in [0.1, 0.15) is 0 Å². The molecule has 100 valence electrons. The van der Waals surface area contributed by atoms with Gasteiger partial charge in [-0.05, 0) is 24.5 Å². The van der Waals surface area contributed by atoms with Crippen LogP contribution in [0.15, 0.2) is 60.7 Å². The van der Waals surface area contributed by atoms with Crippen molar-refractivity contribution in [1.29, 1.82) is 0 Å². The van der Waals surface area contributed by atoms with Gasteiger partial charge in [0, 0.05) is 5.92 Å². The highest BCUT2D eigenvalue weighted by molar-refractivity contribution is 5.25. The van der Waals surface area contributed by atoms with E-state index in [2.05, 4.69) is 0 Å². The monoisotopic (exact) mass is 258 g/mol. The summed E-state index contributed by atoms with van der Waals surface area (Å²) in [6.45, 7) is 1.28. The molecule has 2 aromatic rings. The Hall–Kier alpha value is -1.67. The molecular weight excluding hydrogens is 239 g/mol. The first-order chi connectivity index (χ1) is 9.13. The van der Waals surface area contributed by atoms with Crippen LogP contribution < -0.4 is 0 Å². The molecule has 2 unspecified atom stereocenters. The Morgan fingerprint density at radius 2 is 1.53 bits per heavy atom. The molecule has 0 amide bonds. The second-order valence-corrected chi connectivity index (χ2v) is 5.11. The number of halogens is 1. The van der Waals surface area contributed by atoms with Crippen molar-refractivity contribution >= 4 is 0 Å². The second-order valence-electron chi connectivity index (χ2n) is 5.11. The molecule has 0 aliphatic rings. The van der Waals surface area contributed by atoms with Crippen molar-refractivity contribution in [3.63, 3.8) is 0 Å². The average Bonchev–Trinajstić information content (AvgIpc) is 2.47. The first-order valence-electron chi connectivity index (χ1n) is 6.52. The van der Waals surface area contributed by atoms with Crippen LogP contribution in [-0.4, -0.2) is 11.8 Å². The summed E-state index contributed by atoms with van der Waals surface area (Å²) in [6, 6.07) is 19.0. The third-order valence-corrected chi connectivity index (χ3v) is 3.50. The van der Waals surface area contributed by atoms with Crippen molar-refractivity contribution in [3.05, 3.63) is 71.8 Å². The Bertz CT molecular complexity index is 493. The Morgan fingerprint density at radius 1 is 1.00 bits per heavy atom. The molecule has 1 N–H and O–H groups in total. The zero-order valence-electron chi connectivity index (χ0n) is 11.1. The van der Waals surface area contributed by atoms with Gasteiger partial charge in [-0.15, -0.1) is 0 Å². The molecule has 0 bridgehead atoms. The van der Waals surface area contributed by atoms with Crippen LogP contribution >= 0.6 is 0 Å². The summed E-state index contributed by atoms with van der Waals surface area (Å²) in [6.07, 6.45) is 0.373. The lowest BCUT2D eigenvalue weighted by atomic mass is 9.83. The molecule has 2 rings (SSSR count). The number of benzene rings is 2. The van der Waals surface area contributed by atoms with Crippen LogP contribution in [-0.2, 0) is 5.60 Å². The van der Waals surface area contributed by atoms with Crippen molar-refractivity contribution in [2.24, 2.45) is 0 Å². The molecule has 19 heavy (non-hydrogen) atoms. The van der Waals surface area contributed by atoms with Gasteiger partial charge in [0.25, 0.3) is 0 Å². The Morgan fingerprint density at radius 3 is 2.05 bits per heavy atom. The molecule has 1 nitrogen and oxygen atoms in total. The zero-order chi connectivity index (χ0) is 13.7. The molecule has 2 atom stereocenters. The molecule has 0 saturated heterocycles. The highest BCUT2D eigenvalue weighted by Gasteiger charge is 2.28. The van der Waals surface area contributed by atoms with Crippen LogP contribution in [0.25, 0.3) is 0 Å². The van der Waals surface area contributed by atoms with E-state index in [9.17, 15) is 9.50 Å². The Kier molecular flexibility index (Phi) is 4.33. The maximum atomic E-state index is 13.3. The molecule has 0 aliphatic heterocycles. The van der Waals surface area contributed by atoms with Crippen LogP contribution in [0.5, 0.6) is 0 Å². The van der Waals surface area contributed by atoms with E-state index in [1.54, 1.807) is 6.92 Å². The van der Waals surface area contributed by atoms with Gasteiger partial charge in [0.05, 0.1) is 12.3 Å². The van der Waals surface area contributed by atoms with Crippen molar-refractivity contribution < 1.29 is 9.50 Å². The molecule has 0 fully saturated rings. The van der Waals surface area contributed by atoms with Crippen molar-refractivity contribution in [1.82, 2.24) is 0 Å². The summed E-state index contributed by atoms with van der Waals surface area (Å²) in [7, 11) is 0. The third kappa shape index (κ3) is 3.42. The largest absolute Gasteiger partial charge is 0.385 e. The van der Waals surface area contributed by atoms with Crippen LogP contribution in [0.2, 0.25) is 0 Å². The summed E-state index contributed by atoms with van der Waals surface area (Å²) in [4.78, 5) is 0. The van der Waals surface area contributed by atoms with E-state index in [4.69, 9.17) is 0 Å². The molecule has 0 aliphatic carbocycles. The molecule has 2 heteroatoms. The smallest absolute Gasteiger partial charge is 0.0964 e. The maximum absolute atomic E-state index is 13.3. The number of hydrogen-bond donors (Lipinski definition) is 1. The lowest BCUT2D eigenvalue weighted by Gasteiger charge is -2.28. The topological polar surface area (TPSA) is 20.2 Å². The molecule has 0 saturated carbocycles. The van der Waals surface area contributed by atoms with E-state index in [1.807, 2.05) is 60.7 Å². The number of hydrogen-bond acceptors (Lipinski definition) is 1. The van der Waals surface area contributed by atoms with Gasteiger partial charge < -0.3 is 5.11 Å². The van der Waals surface area contributed by atoms with E-state index in [-0.39, 0.29) is 5.92 Å². The normalized spacial score (nSPS) is 15.7. The van der Waals surface area contributed by atoms with Gasteiger partial charge in [-0.2, -0.15) is 0 Å². The maximum Gasteiger partial charge on any atom is 0.0964 e. The molecular formula is C17H19FO. The van der Waals surface area contributed by atoms with Crippen molar-refractivity contribution in [2.75, 3.05) is 6.67 Å². The molecule has 0 aromatic heterocycles. The van der Waals surface area contributed by atoms with E-state index >= 15 is 0 Å².